The van der Waals surface area contributed by atoms with Crippen LogP contribution in [-0.4, -0.2) is 35.4 Å². The van der Waals surface area contributed by atoms with Crippen molar-refractivity contribution in [1.82, 2.24) is 9.55 Å². The lowest BCUT2D eigenvalue weighted by atomic mass is 10.1. The zero-order valence-corrected chi connectivity index (χ0v) is 18.3. The minimum atomic E-state index is -3.45. The number of carbonyl (C=O) groups is 1. The van der Waals surface area contributed by atoms with Crippen molar-refractivity contribution in [2.45, 2.75) is 38.6 Å². The third-order valence-corrected chi connectivity index (χ3v) is 7.16. The van der Waals surface area contributed by atoms with Crippen molar-refractivity contribution < 1.29 is 13.2 Å². The fourth-order valence-electron chi connectivity index (χ4n) is 3.98. The molecule has 2 heterocycles. The number of aromatic nitrogens is 2. The fraction of sp³-hybridized carbons (Fsp3) is 0.333. The van der Waals surface area contributed by atoms with Gasteiger partial charge in [-0.15, -0.1) is 0 Å². The third kappa shape index (κ3) is 5.61. The molecule has 1 aliphatic rings. The van der Waals surface area contributed by atoms with Gasteiger partial charge in [0.25, 0.3) is 0 Å². The number of benzene rings is 2. The molecule has 0 atom stereocenters. The van der Waals surface area contributed by atoms with Gasteiger partial charge in [-0.3, -0.25) is 4.79 Å². The van der Waals surface area contributed by atoms with Gasteiger partial charge in [-0.25, -0.2) is 13.4 Å². The van der Waals surface area contributed by atoms with E-state index in [4.69, 9.17) is 0 Å². The Bertz CT molecular complexity index is 1140. The van der Waals surface area contributed by atoms with Crippen molar-refractivity contribution in [3.8, 4) is 11.4 Å². The van der Waals surface area contributed by atoms with E-state index in [1.807, 2.05) is 48.7 Å². The summed E-state index contributed by atoms with van der Waals surface area (Å²) in [5.41, 5.74) is 3.93. The van der Waals surface area contributed by atoms with Gasteiger partial charge in [0.1, 0.15) is 11.6 Å². The summed E-state index contributed by atoms with van der Waals surface area (Å²) in [5, 5.41) is 2.70. The number of fused-ring (bicyclic) bond motifs is 1. The number of imidazole rings is 1. The minimum Gasteiger partial charge on any atom is -0.328 e. The minimum absolute atomic E-state index is 0.000750. The smallest absolute Gasteiger partial charge is 0.239 e. The third-order valence-electron chi connectivity index (χ3n) is 5.54. The molecule has 0 radical (unpaired) electrons. The summed E-state index contributed by atoms with van der Waals surface area (Å²) in [6, 6.07) is 17.2. The summed E-state index contributed by atoms with van der Waals surface area (Å²) in [4.78, 5) is 16.8. The van der Waals surface area contributed by atoms with Crippen molar-refractivity contribution in [3.05, 3.63) is 72.1 Å². The highest BCUT2D eigenvalue weighted by Gasteiger charge is 2.18. The molecule has 162 valence electrons. The first kappa shape index (κ1) is 21.3. The van der Waals surface area contributed by atoms with Crippen LogP contribution in [0.5, 0.6) is 0 Å². The Morgan fingerprint density at radius 2 is 1.81 bits per heavy atom. The molecule has 0 saturated carbocycles. The predicted molar refractivity (Wildman–Crippen MR) is 123 cm³/mol. The highest BCUT2D eigenvalue weighted by atomic mass is 32.2. The molecule has 1 amide bonds. The molecule has 6 nitrogen and oxygen atoms in total. The van der Waals surface area contributed by atoms with E-state index in [1.54, 1.807) is 12.1 Å². The number of hydrogen-bond donors (Lipinski definition) is 1. The molecule has 0 aliphatic carbocycles. The second-order valence-corrected chi connectivity index (χ2v) is 10.2. The summed E-state index contributed by atoms with van der Waals surface area (Å²) in [6.07, 6.45) is 6.53. The zero-order chi connectivity index (χ0) is 21.7. The van der Waals surface area contributed by atoms with Gasteiger partial charge in [0, 0.05) is 29.7 Å². The van der Waals surface area contributed by atoms with Gasteiger partial charge in [-0.05, 0) is 61.9 Å². The molecule has 0 fully saturated rings. The van der Waals surface area contributed by atoms with E-state index in [1.165, 1.54) is 12.1 Å². The van der Waals surface area contributed by atoms with Gasteiger partial charge in [-0.1, -0.05) is 30.3 Å². The van der Waals surface area contributed by atoms with Crippen LogP contribution in [0.3, 0.4) is 0 Å². The van der Waals surface area contributed by atoms with Crippen LogP contribution >= 0.6 is 0 Å². The number of anilines is 1. The predicted octanol–water partition coefficient (Wildman–Crippen LogP) is 3.87. The maximum absolute atomic E-state index is 12.3. The van der Waals surface area contributed by atoms with Crippen LogP contribution in [0.25, 0.3) is 11.4 Å². The van der Waals surface area contributed by atoms with E-state index in [9.17, 15) is 13.2 Å². The Balaban J connectivity index is 1.30. The highest BCUT2D eigenvalue weighted by Crippen LogP contribution is 2.25. The van der Waals surface area contributed by atoms with Crippen LogP contribution in [0, 0.1) is 0 Å². The summed E-state index contributed by atoms with van der Waals surface area (Å²) < 4.78 is 26.8. The fourth-order valence-corrected chi connectivity index (χ4v) is 5.18. The lowest BCUT2D eigenvalue weighted by Gasteiger charge is -2.16. The van der Waals surface area contributed by atoms with Crippen LogP contribution in [-0.2, 0) is 34.0 Å². The highest BCUT2D eigenvalue weighted by molar-refractivity contribution is 7.92. The Hall–Kier alpha value is -2.93. The first-order valence-corrected chi connectivity index (χ1v) is 12.5. The van der Waals surface area contributed by atoms with Crippen LogP contribution in [0.2, 0.25) is 0 Å². The van der Waals surface area contributed by atoms with Crippen molar-refractivity contribution in [2.24, 2.45) is 0 Å². The monoisotopic (exact) mass is 437 g/mol. The van der Waals surface area contributed by atoms with Gasteiger partial charge >= 0.3 is 0 Å². The molecule has 0 spiro atoms. The van der Waals surface area contributed by atoms with Crippen LogP contribution in [0.15, 0.2) is 60.8 Å². The van der Waals surface area contributed by atoms with Crippen molar-refractivity contribution >= 4 is 21.4 Å². The molecule has 4 rings (SSSR count). The normalized spacial score (nSPS) is 13.5. The molecule has 1 aromatic heterocycles. The number of hydrogen-bond acceptors (Lipinski definition) is 4. The number of aryl methyl sites for hydroxylation is 2. The summed E-state index contributed by atoms with van der Waals surface area (Å²) in [5.74, 6) is -0.0736. The molecule has 1 N–H and O–H groups in total. The van der Waals surface area contributed by atoms with Crippen molar-refractivity contribution in [2.75, 3.05) is 16.8 Å². The first-order chi connectivity index (χ1) is 15.0. The number of sulfone groups is 1. The maximum atomic E-state index is 12.3. The number of rotatable bonds is 8. The summed E-state index contributed by atoms with van der Waals surface area (Å²) in [7, 11) is -3.45. The molecule has 3 aromatic rings. The SMILES string of the molecule is O=C(CS(=O)(=O)CCCc1ccccc1)Nc1ccc(-c2ncc3n2CCCC3)cc1. The number of nitrogens with one attached hydrogen (secondary N) is 1. The molecule has 0 bridgehead atoms. The van der Waals surface area contributed by atoms with Crippen molar-refractivity contribution in [3.63, 3.8) is 0 Å². The maximum Gasteiger partial charge on any atom is 0.239 e. The second-order valence-electron chi connectivity index (χ2n) is 7.99. The standard InChI is InChI=1S/C24H27N3O3S/c28-23(18-31(29,30)16-6-9-19-7-2-1-3-8-19)26-21-13-11-20(12-14-21)24-25-17-22-10-4-5-15-27(22)24/h1-3,7-8,11-14,17H,4-6,9-10,15-16,18H2,(H,26,28). The molecule has 7 heteroatoms. The molecule has 0 unspecified atom stereocenters. The van der Waals surface area contributed by atoms with E-state index in [2.05, 4.69) is 14.9 Å². The zero-order valence-electron chi connectivity index (χ0n) is 17.5. The summed E-state index contributed by atoms with van der Waals surface area (Å²) in [6.45, 7) is 0.977. The number of nitrogens with zero attached hydrogens (tertiary/aromatic N) is 2. The number of carbonyl (C=O) groups excluding carboxylic acids is 1. The van der Waals surface area contributed by atoms with Crippen LogP contribution in [0.4, 0.5) is 5.69 Å². The van der Waals surface area contributed by atoms with Gasteiger partial charge < -0.3 is 9.88 Å². The van der Waals surface area contributed by atoms with Gasteiger partial charge in [0.05, 0.1) is 5.75 Å². The lowest BCUT2D eigenvalue weighted by Crippen LogP contribution is -2.24. The molecule has 0 saturated heterocycles. The second kappa shape index (κ2) is 9.47. The molecular formula is C24H27N3O3S. The molecule has 1 aliphatic heterocycles. The average Bonchev–Trinajstić information content (AvgIpc) is 3.19. The van der Waals surface area contributed by atoms with E-state index in [0.29, 0.717) is 18.5 Å². The van der Waals surface area contributed by atoms with E-state index < -0.39 is 21.5 Å². The van der Waals surface area contributed by atoms with E-state index >= 15 is 0 Å². The first-order valence-electron chi connectivity index (χ1n) is 10.7. The quantitative estimate of drug-likeness (QED) is 0.580. The topological polar surface area (TPSA) is 81.1 Å². The summed E-state index contributed by atoms with van der Waals surface area (Å²) >= 11 is 0. The molecule has 2 aromatic carbocycles. The van der Waals surface area contributed by atoms with Gasteiger partial charge in [0.15, 0.2) is 9.84 Å². The average molecular weight is 438 g/mol. The van der Waals surface area contributed by atoms with Crippen LogP contribution < -0.4 is 5.32 Å². The largest absolute Gasteiger partial charge is 0.328 e. The Kier molecular flexibility index (Phi) is 6.51. The van der Waals surface area contributed by atoms with Gasteiger partial charge in [0.2, 0.25) is 5.91 Å². The lowest BCUT2D eigenvalue weighted by molar-refractivity contribution is -0.113. The van der Waals surface area contributed by atoms with Crippen molar-refractivity contribution in [1.29, 1.82) is 0 Å². The van der Waals surface area contributed by atoms with Crippen LogP contribution in [0.1, 0.15) is 30.5 Å². The Labute approximate surface area is 183 Å². The van der Waals surface area contributed by atoms with E-state index in [-0.39, 0.29) is 5.75 Å². The number of amides is 1. The molecular weight excluding hydrogens is 410 g/mol. The molecule has 31 heavy (non-hydrogen) atoms. The Morgan fingerprint density at radius 1 is 1.03 bits per heavy atom. The van der Waals surface area contributed by atoms with E-state index in [0.717, 1.165) is 36.3 Å². The Morgan fingerprint density at radius 3 is 2.58 bits per heavy atom. The van der Waals surface area contributed by atoms with Gasteiger partial charge in [-0.2, -0.15) is 0 Å².